The molecule has 1 aromatic carbocycles. The monoisotopic (exact) mass is 602 g/mol. The third kappa shape index (κ3) is 9.18. The number of carbonyl (C=O) groups is 2. The van der Waals surface area contributed by atoms with Gasteiger partial charge in [0.05, 0.1) is 13.2 Å². The summed E-state index contributed by atoms with van der Waals surface area (Å²) in [6.07, 6.45) is 14.7. The van der Waals surface area contributed by atoms with Crippen LogP contribution in [-0.2, 0) is 20.9 Å². The number of rotatable bonds is 14. The highest BCUT2D eigenvalue weighted by Gasteiger charge is 2.43. The van der Waals surface area contributed by atoms with Crippen molar-refractivity contribution in [1.29, 1.82) is 0 Å². The maximum atomic E-state index is 14.0. The van der Waals surface area contributed by atoms with Crippen LogP contribution in [0.1, 0.15) is 71.3 Å². The zero-order valence-electron chi connectivity index (χ0n) is 27.3. The van der Waals surface area contributed by atoms with Gasteiger partial charge in [-0.15, -0.1) is 6.58 Å². The average molecular weight is 603 g/mol. The molecular formula is C37H54N4O3. The van der Waals surface area contributed by atoms with Crippen LogP contribution in [-0.4, -0.2) is 73.5 Å². The SMILES string of the molecule is C=CCC1=C(C/C=C\C)C2(CCN(C(=O)C(COCc3ccccc3)NC(=O)C3=CCCN(CCC(C)C)CC3)CC2)CN1. The lowest BCUT2D eigenvalue weighted by atomic mass is 9.72. The molecule has 1 fully saturated rings. The predicted octanol–water partition coefficient (Wildman–Crippen LogP) is 5.76. The Labute approximate surface area is 265 Å². The van der Waals surface area contributed by atoms with Gasteiger partial charge in [-0.05, 0) is 69.0 Å². The predicted molar refractivity (Wildman–Crippen MR) is 179 cm³/mol. The first-order valence-corrected chi connectivity index (χ1v) is 16.7. The van der Waals surface area contributed by atoms with Gasteiger partial charge in [0.2, 0.25) is 11.8 Å². The lowest BCUT2D eigenvalue weighted by molar-refractivity contribution is -0.139. The summed E-state index contributed by atoms with van der Waals surface area (Å²) in [7, 11) is 0. The van der Waals surface area contributed by atoms with Crippen LogP contribution < -0.4 is 10.6 Å². The maximum Gasteiger partial charge on any atom is 0.247 e. The van der Waals surface area contributed by atoms with E-state index in [9.17, 15) is 9.59 Å². The summed E-state index contributed by atoms with van der Waals surface area (Å²) >= 11 is 0. The van der Waals surface area contributed by atoms with Gasteiger partial charge in [-0.2, -0.15) is 0 Å². The Morgan fingerprint density at radius 3 is 2.59 bits per heavy atom. The van der Waals surface area contributed by atoms with Crippen molar-refractivity contribution in [2.24, 2.45) is 11.3 Å². The summed E-state index contributed by atoms with van der Waals surface area (Å²) in [6.45, 7) is 16.2. The van der Waals surface area contributed by atoms with E-state index >= 15 is 0 Å². The molecule has 1 spiro atoms. The van der Waals surface area contributed by atoms with Gasteiger partial charge in [-0.3, -0.25) is 9.59 Å². The molecule has 1 aromatic rings. The minimum atomic E-state index is -0.725. The number of nitrogens with zero attached hydrogens (tertiary/aromatic N) is 2. The Morgan fingerprint density at radius 2 is 1.89 bits per heavy atom. The number of ether oxygens (including phenoxy) is 1. The minimum Gasteiger partial charge on any atom is -0.387 e. The van der Waals surface area contributed by atoms with Gasteiger partial charge in [0.15, 0.2) is 0 Å². The van der Waals surface area contributed by atoms with Gasteiger partial charge in [0.25, 0.3) is 0 Å². The minimum absolute atomic E-state index is 0.0506. The number of amides is 2. The number of benzene rings is 1. The molecule has 2 N–H and O–H groups in total. The van der Waals surface area contributed by atoms with Gasteiger partial charge in [0, 0.05) is 55.8 Å². The molecule has 4 rings (SSSR count). The molecule has 0 bridgehead atoms. The second-order valence-electron chi connectivity index (χ2n) is 13.0. The Hall–Kier alpha value is -3.16. The largest absolute Gasteiger partial charge is 0.387 e. The van der Waals surface area contributed by atoms with Crippen LogP contribution in [0.2, 0.25) is 0 Å². The lowest BCUT2D eigenvalue weighted by Gasteiger charge is -2.41. The van der Waals surface area contributed by atoms with Gasteiger partial charge >= 0.3 is 0 Å². The number of likely N-dealkylation sites (tertiary alicyclic amines) is 1. The molecule has 240 valence electrons. The Balaban J connectivity index is 1.41. The number of carbonyl (C=O) groups excluding carboxylic acids is 2. The Kier molecular flexibility index (Phi) is 12.9. The van der Waals surface area contributed by atoms with Gasteiger partial charge in [0.1, 0.15) is 6.04 Å². The fourth-order valence-electron chi connectivity index (χ4n) is 6.66. The summed E-state index contributed by atoms with van der Waals surface area (Å²) in [4.78, 5) is 31.9. The molecule has 1 unspecified atom stereocenters. The highest BCUT2D eigenvalue weighted by atomic mass is 16.5. The summed E-state index contributed by atoms with van der Waals surface area (Å²) in [5.74, 6) is 0.470. The topological polar surface area (TPSA) is 73.9 Å². The molecule has 0 radical (unpaired) electrons. The molecule has 0 aliphatic carbocycles. The van der Waals surface area contributed by atoms with Crippen LogP contribution >= 0.6 is 0 Å². The Bertz CT molecular complexity index is 1190. The normalized spacial score (nSPS) is 19.6. The fourth-order valence-corrected chi connectivity index (χ4v) is 6.66. The zero-order valence-corrected chi connectivity index (χ0v) is 27.3. The molecule has 2 amide bonds. The van der Waals surface area contributed by atoms with Crippen molar-refractivity contribution in [2.45, 2.75) is 78.4 Å². The molecule has 0 saturated carbocycles. The smallest absolute Gasteiger partial charge is 0.247 e. The third-order valence-electron chi connectivity index (χ3n) is 9.43. The van der Waals surface area contributed by atoms with Gasteiger partial charge < -0.3 is 25.2 Å². The summed E-state index contributed by atoms with van der Waals surface area (Å²) in [6, 6.07) is 9.23. The highest BCUT2D eigenvalue weighted by molar-refractivity contribution is 5.97. The van der Waals surface area contributed by atoms with Crippen molar-refractivity contribution < 1.29 is 14.3 Å². The van der Waals surface area contributed by atoms with Crippen molar-refractivity contribution in [2.75, 3.05) is 45.9 Å². The third-order valence-corrected chi connectivity index (χ3v) is 9.43. The van der Waals surface area contributed by atoms with E-state index in [1.807, 2.05) is 41.3 Å². The van der Waals surface area contributed by atoms with Crippen molar-refractivity contribution in [3.63, 3.8) is 0 Å². The molecular weight excluding hydrogens is 548 g/mol. The van der Waals surface area contributed by atoms with E-state index in [-0.39, 0.29) is 23.8 Å². The van der Waals surface area contributed by atoms with Crippen LogP contribution in [0.5, 0.6) is 0 Å². The van der Waals surface area contributed by atoms with E-state index < -0.39 is 6.04 Å². The van der Waals surface area contributed by atoms with Crippen LogP contribution in [0, 0.1) is 11.3 Å². The van der Waals surface area contributed by atoms with Crippen LogP contribution in [0.25, 0.3) is 0 Å². The van der Waals surface area contributed by atoms with E-state index in [0.717, 1.165) is 75.8 Å². The van der Waals surface area contributed by atoms with Crippen molar-refractivity contribution >= 4 is 11.8 Å². The maximum absolute atomic E-state index is 14.0. The first-order chi connectivity index (χ1) is 21.3. The quantitative estimate of drug-likeness (QED) is 0.265. The average Bonchev–Trinajstić information content (AvgIpc) is 3.18. The summed E-state index contributed by atoms with van der Waals surface area (Å²) in [5, 5.41) is 6.76. The van der Waals surface area contributed by atoms with E-state index in [0.29, 0.717) is 32.0 Å². The van der Waals surface area contributed by atoms with Crippen LogP contribution in [0.3, 0.4) is 0 Å². The van der Waals surface area contributed by atoms with Crippen molar-refractivity contribution in [1.82, 2.24) is 20.4 Å². The first kappa shape index (κ1) is 33.7. The van der Waals surface area contributed by atoms with Crippen LogP contribution in [0.15, 0.2) is 78.1 Å². The molecule has 3 aliphatic heterocycles. The van der Waals surface area contributed by atoms with Gasteiger partial charge in [-0.25, -0.2) is 0 Å². The van der Waals surface area contributed by atoms with Gasteiger partial charge in [-0.1, -0.05) is 68.5 Å². The second-order valence-corrected chi connectivity index (χ2v) is 13.0. The lowest BCUT2D eigenvalue weighted by Crippen LogP contribution is -2.54. The van der Waals surface area contributed by atoms with Crippen LogP contribution in [0.4, 0.5) is 0 Å². The molecule has 1 atom stereocenters. The molecule has 3 heterocycles. The molecule has 0 aromatic heterocycles. The van der Waals surface area contributed by atoms with E-state index in [2.05, 4.69) is 61.1 Å². The highest BCUT2D eigenvalue weighted by Crippen LogP contribution is 2.45. The van der Waals surface area contributed by atoms with Crippen molar-refractivity contribution in [3.8, 4) is 0 Å². The number of hydrogen-bond acceptors (Lipinski definition) is 5. The zero-order chi connectivity index (χ0) is 31.4. The first-order valence-electron chi connectivity index (χ1n) is 16.7. The number of piperidine rings is 1. The van der Waals surface area contributed by atoms with E-state index in [1.165, 1.54) is 11.3 Å². The molecule has 7 heteroatoms. The number of hydrogen-bond donors (Lipinski definition) is 2. The summed E-state index contributed by atoms with van der Waals surface area (Å²) in [5.41, 5.74) is 4.63. The molecule has 7 nitrogen and oxygen atoms in total. The van der Waals surface area contributed by atoms with E-state index in [1.54, 1.807) is 0 Å². The molecule has 3 aliphatic rings. The fraction of sp³-hybridized carbons (Fsp3) is 0.568. The molecule has 44 heavy (non-hydrogen) atoms. The summed E-state index contributed by atoms with van der Waals surface area (Å²) < 4.78 is 6.05. The Morgan fingerprint density at radius 1 is 1.11 bits per heavy atom. The van der Waals surface area contributed by atoms with Crippen molar-refractivity contribution in [3.05, 3.63) is 83.6 Å². The second kappa shape index (κ2) is 16.8. The van der Waals surface area contributed by atoms with E-state index in [4.69, 9.17) is 4.74 Å². The number of allylic oxidation sites excluding steroid dienone is 3. The standard InChI is InChI=1S/C37H54N4O3/c1-5-7-16-32-33(12-6-2)38-28-37(32)19-24-41(25-20-37)36(43)34(27-44-26-30-13-9-8-10-14-30)39-35(42)31-15-11-21-40(23-18-31)22-17-29(3)4/h5-10,13-15,29,34,38H,2,11-12,16-28H2,1,3-4H3,(H,39,42)/b7-5-. The number of nitrogens with one attached hydrogen (secondary N) is 2. The molecule has 1 saturated heterocycles.